The van der Waals surface area contributed by atoms with Gasteiger partial charge in [0.25, 0.3) is 10.1 Å². The zero-order valence-electron chi connectivity index (χ0n) is 13.2. The fraction of sp³-hybridized carbons (Fsp3) is 0.533. The highest BCUT2D eigenvalue weighted by molar-refractivity contribution is 7.85. The zero-order chi connectivity index (χ0) is 17.6. The molecule has 23 heavy (non-hydrogen) atoms. The van der Waals surface area contributed by atoms with Gasteiger partial charge in [-0.2, -0.15) is 8.42 Å². The van der Waals surface area contributed by atoms with E-state index in [9.17, 15) is 13.2 Å². The summed E-state index contributed by atoms with van der Waals surface area (Å²) in [6.45, 7) is 3.32. The Bertz CT molecular complexity index is 607. The van der Waals surface area contributed by atoms with E-state index in [4.69, 9.17) is 20.1 Å². The minimum absolute atomic E-state index is 0.0438. The molecule has 1 aliphatic carbocycles. The van der Waals surface area contributed by atoms with Crippen molar-refractivity contribution in [2.75, 3.05) is 0 Å². The van der Waals surface area contributed by atoms with E-state index >= 15 is 0 Å². The highest BCUT2D eigenvalue weighted by atomic mass is 32.2. The third kappa shape index (κ3) is 6.66. The molecule has 0 unspecified atom stereocenters. The molecule has 0 amide bonds. The Labute approximate surface area is 136 Å². The number of aliphatic hydroxyl groups excluding tert-OH is 1. The first-order valence-electron chi connectivity index (χ1n) is 7.29. The first-order valence-corrected chi connectivity index (χ1v) is 8.73. The minimum Gasteiger partial charge on any atom is -0.461 e. The smallest absolute Gasteiger partial charge is 0.325 e. The molecular formula is C15H23NO6S. The second kappa shape index (κ2) is 8.39. The van der Waals surface area contributed by atoms with Crippen LogP contribution in [0, 0.1) is 6.92 Å². The summed E-state index contributed by atoms with van der Waals surface area (Å²) in [4.78, 5) is 11.0. The molecule has 7 nitrogen and oxygen atoms in total. The van der Waals surface area contributed by atoms with E-state index in [1.807, 2.05) is 6.92 Å². The third-order valence-corrected chi connectivity index (χ3v) is 4.31. The lowest BCUT2D eigenvalue weighted by Gasteiger charge is -2.27. The van der Waals surface area contributed by atoms with Gasteiger partial charge in [0.15, 0.2) is 0 Å². The Hall–Kier alpha value is -1.48. The number of carbonyl (C=O) groups is 1. The van der Waals surface area contributed by atoms with Gasteiger partial charge >= 0.3 is 5.97 Å². The van der Waals surface area contributed by atoms with Gasteiger partial charge in [-0.15, -0.1) is 0 Å². The van der Waals surface area contributed by atoms with Crippen molar-refractivity contribution in [2.24, 2.45) is 5.73 Å². The number of hydrogen-bond acceptors (Lipinski definition) is 6. The monoisotopic (exact) mass is 345 g/mol. The molecule has 0 radical (unpaired) electrons. The highest BCUT2D eigenvalue weighted by Gasteiger charge is 2.26. The Morgan fingerprint density at radius 3 is 2.17 bits per heavy atom. The number of hydrogen-bond donors (Lipinski definition) is 3. The van der Waals surface area contributed by atoms with E-state index < -0.39 is 28.2 Å². The fourth-order valence-electron chi connectivity index (χ4n) is 1.64. The molecule has 8 heteroatoms. The van der Waals surface area contributed by atoms with Gasteiger partial charge in [-0.3, -0.25) is 9.35 Å². The van der Waals surface area contributed by atoms with Crippen molar-refractivity contribution in [3.63, 3.8) is 0 Å². The Morgan fingerprint density at radius 2 is 1.83 bits per heavy atom. The molecular weight excluding hydrogens is 322 g/mol. The second-order valence-electron chi connectivity index (χ2n) is 5.54. The summed E-state index contributed by atoms with van der Waals surface area (Å²) in [7, 11) is -4.02. The van der Waals surface area contributed by atoms with Crippen LogP contribution in [-0.2, 0) is 19.6 Å². The van der Waals surface area contributed by atoms with Crippen molar-refractivity contribution in [2.45, 2.75) is 56.3 Å². The SMILES string of the molecule is C[C@@H](O)[C@H](N)C(=O)OC1CCC1.Cc1ccc(S(=O)(=O)O)cc1. The molecule has 2 rings (SSSR count). The van der Waals surface area contributed by atoms with Crippen LogP contribution in [0.4, 0.5) is 0 Å². The lowest BCUT2D eigenvalue weighted by atomic mass is 9.96. The van der Waals surface area contributed by atoms with Crippen LogP contribution >= 0.6 is 0 Å². The molecule has 0 aromatic heterocycles. The summed E-state index contributed by atoms with van der Waals surface area (Å²) >= 11 is 0. The largest absolute Gasteiger partial charge is 0.461 e. The van der Waals surface area contributed by atoms with Crippen LogP contribution in [0.3, 0.4) is 0 Å². The van der Waals surface area contributed by atoms with Crippen LogP contribution in [0.2, 0.25) is 0 Å². The average molecular weight is 345 g/mol. The summed E-state index contributed by atoms with van der Waals surface area (Å²) in [6.07, 6.45) is 2.18. The number of rotatable bonds is 4. The van der Waals surface area contributed by atoms with E-state index in [2.05, 4.69) is 0 Å². The number of esters is 1. The molecule has 2 atom stereocenters. The summed E-state index contributed by atoms with van der Waals surface area (Å²) < 4.78 is 34.5. The maximum Gasteiger partial charge on any atom is 0.325 e. The quantitative estimate of drug-likeness (QED) is 0.549. The molecule has 1 aromatic carbocycles. The Kier molecular flexibility index (Phi) is 7.14. The van der Waals surface area contributed by atoms with Gasteiger partial charge in [-0.1, -0.05) is 17.7 Å². The van der Waals surface area contributed by atoms with E-state index in [-0.39, 0.29) is 11.0 Å². The van der Waals surface area contributed by atoms with Gasteiger partial charge in [0, 0.05) is 0 Å². The molecule has 1 saturated carbocycles. The maximum absolute atomic E-state index is 11.1. The molecule has 130 valence electrons. The molecule has 0 heterocycles. The van der Waals surface area contributed by atoms with Crippen molar-refractivity contribution in [3.8, 4) is 0 Å². The van der Waals surface area contributed by atoms with Crippen molar-refractivity contribution in [1.29, 1.82) is 0 Å². The van der Waals surface area contributed by atoms with Crippen molar-refractivity contribution < 1.29 is 27.6 Å². The van der Waals surface area contributed by atoms with Gasteiger partial charge in [0.2, 0.25) is 0 Å². The number of benzene rings is 1. The molecule has 0 aliphatic heterocycles. The molecule has 1 aliphatic rings. The summed E-state index contributed by atoms with van der Waals surface area (Å²) in [5.74, 6) is -0.491. The normalized spacial score (nSPS) is 17.3. The molecule has 0 saturated heterocycles. The predicted octanol–water partition coefficient (Wildman–Crippen LogP) is 1.03. The maximum atomic E-state index is 11.1. The predicted molar refractivity (Wildman–Crippen MR) is 84.4 cm³/mol. The topological polar surface area (TPSA) is 127 Å². The van der Waals surface area contributed by atoms with Gasteiger partial charge in [-0.05, 0) is 45.2 Å². The highest BCUT2D eigenvalue weighted by Crippen LogP contribution is 2.22. The first kappa shape index (κ1) is 19.6. The van der Waals surface area contributed by atoms with E-state index in [0.29, 0.717) is 0 Å². The molecule has 4 N–H and O–H groups in total. The van der Waals surface area contributed by atoms with Crippen LogP contribution < -0.4 is 5.73 Å². The zero-order valence-corrected chi connectivity index (χ0v) is 14.0. The second-order valence-corrected chi connectivity index (χ2v) is 6.97. The van der Waals surface area contributed by atoms with E-state index in [1.165, 1.54) is 19.1 Å². The first-order chi connectivity index (χ1) is 10.6. The fourth-order valence-corrected chi connectivity index (χ4v) is 2.12. The summed E-state index contributed by atoms with van der Waals surface area (Å²) in [6, 6.07) is 5.09. The molecule has 1 aromatic rings. The average Bonchev–Trinajstić information content (AvgIpc) is 2.41. The Balaban J connectivity index is 0.000000231. The Morgan fingerprint density at radius 1 is 1.30 bits per heavy atom. The number of nitrogens with two attached hydrogens (primary N) is 1. The van der Waals surface area contributed by atoms with Crippen LogP contribution in [0.25, 0.3) is 0 Å². The van der Waals surface area contributed by atoms with Crippen molar-refractivity contribution in [1.82, 2.24) is 0 Å². The van der Waals surface area contributed by atoms with E-state index in [0.717, 1.165) is 24.8 Å². The number of carbonyl (C=O) groups excluding carboxylic acids is 1. The van der Waals surface area contributed by atoms with Crippen molar-refractivity contribution in [3.05, 3.63) is 29.8 Å². The van der Waals surface area contributed by atoms with Gasteiger partial charge in [0.1, 0.15) is 12.1 Å². The molecule has 0 spiro atoms. The van der Waals surface area contributed by atoms with Gasteiger partial charge < -0.3 is 15.6 Å². The van der Waals surface area contributed by atoms with Crippen LogP contribution in [0.5, 0.6) is 0 Å². The molecule has 1 fully saturated rings. The molecule has 0 bridgehead atoms. The number of aliphatic hydroxyl groups is 1. The standard InChI is InChI=1S/C8H15NO3.C7H8O3S/c1-5(10)7(9)8(11)12-6-3-2-4-6;1-6-2-4-7(5-3-6)11(8,9)10/h5-7,10H,2-4,9H2,1H3;2-5H,1H3,(H,8,9,10)/t5-,7+;/m1./s1. The lowest BCUT2D eigenvalue weighted by Crippen LogP contribution is -2.43. The minimum atomic E-state index is -4.02. The summed E-state index contributed by atoms with van der Waals surface area (Å²) in [5.41, 5.74) is 6.32. The summed E-state index contributed by atoms with van der Waals surface area (Å²) in [5, 5.41) is 8.97. The van der Waals surface area contributed by atoms with E-state index in [1.54, 1.807) is 12.1 Å². The lowest BCUT2D eigenvalue weighted by molar-refractivity contribution is -0.156. The number of aryl methyl sites for hydroxylation is 1. The van der Waals surface area contributed by atoms with Crippen LogP contribution in [-0.4, -0.2) is 42.3 Å². The van der Waals surface area contributed by atoms with Crippen LogP contribution in [0.15, 0.2) is 29.2 Å². The van der Waals surface area contributed by atoms with Gasteiger partial charge in [-0.25, -0.2) is 0 Å². The van der Waals surface area contributed by atoms with Gasteiger partial charge in [0.05, 0.1) is 11.0 Å². The van der Waals surface area contributed by atoms with Crippen LogP contribution in [0.1, 0.15) is 31.7 Å². The number of ether oxygens (including phenoxy) is 1. The third-order valence-electron chi connectivity index (χ3n) is 3.45. The van der Waals surface area contributed by atoms with Crippen molar-refractivity contribution >= 4 is 16.1 Å².